The van der Waals surface area contributed by atoms with E-state index in [1.54, 1.807) is 19.1 Å². The van der Waals surface area contributed by atoms with Crippen molar-refractivity contribution in [3.63, 3.8) is 0 Å². The van der Waals surface area contributed by atoms with Gasteiger partial charge >= 0.3 is 5.97 Å². The van der Waals surface area contributed by atoms with Crippen LogP contribution in [0.25, 0.3) is 0 Å². The second kappa shape index (κ2) is 7.37. The van der Waals surface area contributed by atoms with Gasteiger partial charge in [-0.1, -0.05) is 12.1 Å². The van der Waals surface area contributed by atoms with Gasteiger partial charge in [-0.3, -0.25) is 4.79 Å². The van der Waals surface area contributed by atoms with Gasteiger partial charge in [-0.15, -0.1) is 0 Å². The zero-order valence-electron chi connectivity index (χ0n) is 11.5. The Bertz CT molecular complexity index is 536. The van der Waals surface area contributed by atoms with Crippen LogP contribution in [0, 0.1) is 0 Å². The van der Waals surface area contributed by atoms with Gasteiger partial charge in [-0.25, -0.2) is 13.1 Å². The number of carbonyl (C=O) groups excluding carboxylic acids is 1. The molecule has 0 spiro atoms. The molecule has 1 unspecified atom stereocenters. The molecule has 0 saturated heterocycles. The molecule has 1 aromatic carbocycles. The average Bonchev–Trinajstić information content (AvgIpc) is 2.38. The van der Waals surface area contributed by atoms with Gasteiger partial charge in [0.25, 0.3) is 0 Å². The smallest absolute Gasteiger partial charge is 0.309 e. The molecule has 0 saturated carbocycles. The summed E-state index contributed by atoms with van der Waals surface area (Å²) in [4.78, 5) is 11.2. The van der Waals surface area contributed by atoms with E-state index < -0.39 is 16.1 Å². The van der Waals surface area contributed by atoms with E-state index in [0.717, 1.165) is 0 Å². The first-order valence-corrected chi connectivity index (χ1v) is 7.67. The lowest BCUT2D eigenvalue weighted by Gasteiger charge is -2.08. The van der Waals surface area contributed by atoms with Crippen molar-refractivity contribution >= 4 is 16.0 Å². The molecule has 1 atom stereocenters. The number of hydrogen-bond donors (Lipinski definition) is 2. The van der Waals surface area contributed by atoms with E-state index >= 15 is 0 Å². The first kappa shape index (κ1) is 16.6. The molecule has 2 N–H and O–H groups in total. The molecule has 0 aromatic heterocycles. The molecule has 112 valence electrons. The highest BCUT2D eigenvalue weighted by molar-refractivity contribution is 7.89. The maximum absolute atomic E-state index is 11.9. The highest BCUT2D eigenvalue weighted by Crippen LogP contribution is 2.11. The maximum Gasteiger partial charge on any atom is 0.309 e. The van der Waals surface area contributed by atoms with Crippen LogP contribution in [-0.4, -0.2) is 39.3 Å². The molecule has 0 amide bonds. The molecular formula is C13H19NO5S. The molecule has 1 aromatic rings. The minimum absolute atomic E-state index is 0.103. The molecule has 1 rings (SSSR count). The minimum atomic E-state index is -3.58. The number of nitrogens with one attached hydrogen (secondary N) is 1. The van der Waals surface area contributed by atoms with Crippen LogP contribution < -0.4 is 4.72 Å². The largest absolute Gasteiger partial charge is 0.469 e. The fourth-order valence-electron chi connectivity index (χ4n) is 1.51. The number of esters is 1. The van der Waals surface area contributed by atoms with Crippen LogP contribution in [0.15, 0.2) is 29.2 Å². The lowest BCUT2D eigenvalue weighted by atomic mass is 10.2. The monoisotopic (exact) mass is 301 g/mol. The van der Waals surface area contributed by atoms with Crippen LogP contribution in [0.1, 0.15) is 18.9 Å². The van der Waals surface area contributed by atoms with Gasteiger partial charge in [-0.2, -0.15) is 0 Å². The zero-order valence-corrected chi connectivity index (χ0v) is 12.3. The molecule has 0 aliphatic rings. The number of carbonyl (C=O) groups is 1. The Hall–Kier alpha value is -1.44. The van der Waals surface area contributed by atoms with Crippen molar-refractivity contribution in [3.8, 4) is 0 Å². The van der Waals surface area contributed by atoms with Gasteiger partial charge in [0.1, 0.15) is 0 Å². The number of ether oxygens (including phenoxy) is 1. The molecule has 6 nitrogen and oxygen atoms in total. The van der Waals surface area contributed by atoms with Crippen LogP contribution in [-0.2, 0) is 26.0 Å². The predicted octanol–water partition coefficient (Wildman–Crippen LogP) is 0.451. The van der Waals surface area contributed by atoms with E-state index in [-0.39, 0.29) is 23.8 Å². The van der Waals surface area contributed by atoms with Crippen molar-refractivity contribution in [2.45, 2.75) is 30.8 Å². The van der Waals surface area contributed by atoms with Crippen molar-refractivity contribution in [1.82, 2.24) is 4.72 Å². The average molecular weight is 301 g/mol. The van der Waals surface area contributed by atoms with Crippen molar-refractivity contribution in [1.29, 1.82) is 0 Å². The van der Waals surface area contributed by atoms with Crippen LogP contribution >= 0.6 is 0 Å². The third kappa shape index (κ3) is 5.28. The molecule has 0 heterocycles. The van der Waals surface area contributed by atoms with Crippen LogP contribution in [0.4, 0.5) is 0 Å². The van der Waals surface area contributed by atoms with E-state index in [2.05, 4.69) is 9.46 Å². The van der Waals surface area contributed by atoms with Crippen LogP contribution in [0.2, 0.25) is 0 Å². The summed E-state index contributed by atoms with van der Waals surface area (Å²) < 4.78 is 30.8. The minimum Gasteiger partial charge on any atom is -0.469 e. The Morgan fingerprint density at radius 2 is 1.95 bits per heavy atom. The summed E-state index contributed by atoms with van der Waals surface area (Å²) in [5.41, 5.74) is 0.680. The van der Waals surface area contributed by atoms with Gasteiger partial charge < -0.3 is 9.84 Å². The third-order valence-electron chi connectivity index (χ3n) is 2.66. The van der Waals surface area contributed by atoms with Crippen molar-refractivity contribution in [3.05, 3.63) is 29.8 Å². The second-order valence-corrected chi connectivity index (χ2v) is 6.20. The summed E-state index contributed by atoms with van der Waals surface area (Å²) in [5, 5.41) is 9.08. The molecule has 7 heteroatoms. The van der Waals surface area contributed by atoms with Crippen LogP contribution in [0.3, 0.4) is 0 Å². The second-order valence-electron chi connectivity index (χ2n) is 4.43. The van der Waals surface area contributed by atoms with E-state index in [9.17, 15) is 13.2 Å². The van der Waals surface area contributed by atoms with E-state index in [0.29, 0.717) is 12.0 Å². The highest BCUT2D eigenvalue weighted by Gasteiger charge is 2.14. The standard InChI is InChI=1S/C13H19NO5S/c1-10(15)7-8-14-20(17,18)12-5-3-11(4-6-12)9-13(16)19-2/h3-6,10,14-15H,7-9H2,1-2H3. The third-order valence-corrected chi connectivity index (χ3v) is 4.14. The Morgan fingerprint density at radius 3 is 2.45 bits per heavy atom. The zero-order chi connectivity index (χ0) is 15.2. The quantitative estimate of drug-likeness (QED) is 0.713. The van der Waals surface area contributed by atoms with E-state index in [1.807, 2.05) is 0 Å². The van der Waals surface area contributed by atoms with Crippen molar-refractivity contribution < 1.29 is 23.1 Å². The Kier molecular flexibility index (Phi) is 6.12. The number of aliphatic hydroxyl groups excluding tert-OH is 1. The van der Waals surface area contributed by atoms with E-state index in [1.165, 1.54) is 19.2 Å². The summed E-state index contributed by atoms with van der Waals surface area (Å²) in [7, 11) is -2.29. The summed E-state index contributed by atoms with van der Waals surface area (Å²) in [6.45, 7) is 1.76. The summed E-state index contributed by atoms with van der Waals surface area (Å²) in [5.74, 6) is -0.379. The molecule has 0 bridgehead atoms. The van der Waals surface area contributed by atoms with Gasteiger partial charge in [0.15, 0.2) is 0 Å². The fraction of sp³-hybridized carbons (Fsp3) is 0.462. The van der Waals surface area contributed by atoms with Crippen molar-refractivity contribution in [2.75, 3.05) is 13.7 Å². The summed E-state index contributed by atoms with van der Waals surface area (Å²) >= 11 is 0. The van der Waals surface area contributed by atoms with Crippen molar-refractivity contribution in [2.24, 2.45) is 0 Å². The fourth-order valence-corrected chi connectivity index (χ4v) is 2.56. The van der Waals surface area contributed by atoms with E-state index in [4.69, 9.17) is 5.11 Å². The lowest BCUT2D eigenvalue weighted by molar-refractivity contribution is -0.139. The Morgan fingerprint density at radius 1 is 1.35 bits per heavy atom. The first-order valence-electron chi connectivity index (χ1n) is 6.18. The summed E-state index contributed by atoms with van der Waals surface area (Å²) in [6.07, 6.45) is -0.105. The SMILES string of the molecule is COC(=O)Cc1ccc(S(=O)(=O)NCCC(C)O)cc1. The van der Waals surface area contributed by atoms with Gasteiger partial charge in [0.05, 0.1) is 24.5 Å². The molecule has 0 aliphatic heterocycles. The molecule has 0 fully saturated rings. The summed E-state index contributed by atoms with van der Waals surface area (Å²) in [6, 6.07) is 6.01. The molecule has 0 aliphatic carbocycles. The number of aliphatic hydroxyl groups is 1. The number of sulfonamides is 1. The Balaban J connectivity index is 2.69. The van der Waals surface area contributed by atoms with Crippen LogP contribution in [0.5, 0.6) is 0 Å². The van der Waals surface area contributed by atoms with Gasteiger partial charge in [0, 0.05) is 6.54 Å². The highest BCUT2D eigenvalue weighted by atomic mass is 32.2. The Labute approximate surface area is 118 Å². The molecule has 0 radical (unpaired) electrons. The molecule has 20 heavy (non-hydrogen) atoms. The first-order chi connectivity index (χ1) is 9.35. The maximum atomic E-state index is 11.9. The van der Waals surface area contributed by atoms with Gasteiger partial charge in [0.2, 0.25) is 10.0 Å². The number of rotatable bonds is 7. The predicted molar refractivity (Wildman–Crippen MR) is 73.6 cm³/mol. The van der Waals surface area contributed by atoms with Gasteiger partial charge in [-0.05, 0) is 31.0 Å². The normalized spacial score (nSPS) is 12.9. The number of benzene rings is 1. The lowest BCUT2D eigenvalue weighted by Crippen LogP contribution is -2.26. The number of hydrogen-bond acceptors (Lipinski definition) is 5. The number of methoxy groups -OCH3 is 1. The molecular weight excluding hydrogens is 282 g/mol. The topological polar surface area (TPSA) is 92.7 Å².